The van der Waals surface area contributed by atoms with Crippen LogP contribution in [0, 0.1) is 10.1 Å². The van der Waals surface area contributed by atoms with E-state index in [4.69, 9.17) is 9.47 Å². The molecule has 0 saturated carbocycles. The summed E-state index contributed by atoms with van der Waals surface area (Å²) in [5.74, 6) is -0.791. The van der Waals surface area contributed by atoms with Gasteiger partial charge in [0.15, 0.2) is 0 Å². The van der Waals surface area contributed by atoms with E-state index in [-0.39, 0.29) is 37.7 Å². The fourth-order valence-electron chi connectivity index (χ4n) is 2.99. The maximum atomic E-state index is 11.8. The summed E-state index contributed by atoms with van der Waals surface area (Å²) in [6, 6.07) is 5.94. The van der Waals surface area contributed by atoms with Gasteiger partial charge in [0.1, 0.15) is 13.2 Å². The normalized spacial score (nSPS) is 10.9. The minimum Gasteiger partial charge on any atom is -0.461 e. The van der Waals surface area contributed by atoms with Crippen molar-refractivity contribution in [3.05, 3.63) is 52.1 Å². The Morgan fingerprint density at radius 1 is 0.935 bits per heavy atom. The van der Waals surface area contributed by atoms with Crippen LogP contribution in [0.5, 0.6) is 0 Å². The number of carbonyl (C=O) groups is 2. The lowest BCUT2D eigenvalue weighted by Crippen LogP contribution is -2.08. The number of allylic oxidation sites excluding steroid dienone is 1. The number of non-ortho nitro benzene ring substituents is 1. The molecule has 0 heterocycles. The predicted molar refractivity (Wildman–Crippen MR) is 119 cm³/mol. The summed E-state index contributed by atoms with van der Waals surface area (Å²) in [5.41, 5.74) is 0.498. The molecule has 1 rings (SSSR count). The van der Waals surface area contributed by atoms with Crippen molar-refractivity contribution < 1.29 is 24.0 Å². The van der Waals surface area contributed by atoms with Crippen molar-refractivity contribution in [3.8, 4) is 0 Å². The van der Waals surface area contributed by atoms with Crippen LogP contribution in [0.15, 0.2) is 36.4 Å². The Kier molecular flexibility index (Phi) is 14.5. The first-order valence-corrected chi connectivity index (χ1v) is 11.2. The fourth-order valence-corrected chi connectivity index (χ4v) is 2.99. The van der Waals surface area contributed by atoms with Crippen LogP contribution in [0.3, 0.4) is 0 Å². The maximum absolute atomic E-state index is 11.8. The van der Waals surface area contributed by atoms with Gasteiger partial charge in [-0.25, -0.2) is 0 Å². The summed E-state index contributed by atoms with van der Waals surface area (Å²) in [6.45, 7) is 2.44. The summed E-state index contributed by atoms with van der Waals surface area (Å²) >= 11 is 0. The lowest BCUT2D eigenvalue weighted by molar-refractivity contribution is -0.384. The molecule has 0 aliphatic rings. The summed E-state index contributed by atoms with van der Waals surface area (Å²) in [4.78, 5) is 33.7. The molecule has 7 nitrogen and oxygen atoms in total. The number of benzene rings is 1. The molecule has 0 N–H and O–H groups in total. The zero-order valence-corrected chi connectivity index (χ0v) is 18.6. The van der Waals surface area contributed by atoms with Crippen LogP contribution in [0.4, 0.5) is 5.69 Å². The minimum atomic E-state index is -0.498. The van der Waals surface area contributed by atoms with E-state index in [9.17, 15) is 19.7 Å². The molecule has 0 radical (unpaired) electrons. The second-order valence-corrected chi connectivity index (χ2v) is 7.51. The van der Waals surface area contributed by atoms with Crippen LogP contribution >= 0.6 is 0 Å². The highest BCUT2D eigenvalue weighted by atomic mass is 16.6. The van der Waals surface area contributed by atoms with Gasteiger partial charge in [-0.15, -0.1) is 0 Å². The Hall–Kier alpha value is -2.70. The Morgan fingerprint density at radius 2 is 1.61 bits per heavy atom. The van der Waals surface area contributed by atoms with Crippen LogP contribution in [0.1, 0.15) is 83.1 Å². The molecule has 31 heavy (non-hydrogen) atoms. The van der Waals surface area contributed by atoms with Gasteiger partial charge in [0.2, 0.25) is 0 Å². The smallest absolute Gasteiger partial charge is 0.306 e. The highest BCUT2D eigenvalue weighted by Crippen LogP contribution is 2.14. The topological polar surface area (TPSA) is 95.7 Å². The zero-order chi connectivity index (χ0) is 22.7. The van der Waals surface area contributed by atoms with Crippen molar-refractivity contribution in [3.63, 3.8) is 0 Å². The molecule has 1 aromatic carbocycles. The molecule has 0 aliphatic heterocycles. The van der Waals surface area contributed by atoms with Gasteiger partial charge < -0.3 is 9.47 Å². The molecule has 0 bridgehead atoms. The number of rotatable bonds is 17. The van der Waals surface area contributed by atoms with Crippen LogP contribution in [-0.4, -0.2) is 23.5 Å². The summed E-state index contributed by atoms with van der Waals surface area (Å²) in [7, 11) is 0. The van der Waals surface area contributed by atoms with E-state index in [2.05, 4.69) is 6.92 Å². The van der Waals surface area contributed by atoms with Crippen molar-refractivity contribution in [2.75, 3.05) is 6.61 Å². The molecular weight excluding hydrogens is 398 g/mol. The number of carbonyl (C=O) groups excluding carboxylic acids is 2. The summed E-state index contributed by atoms with van der Waals surface area (Å²) < 4.78 is 10.2. The molecule has 0 amide bonds. The van der Waals surface area contributed by atoms with Gasteiger partial charge >= 0.3 is 11.9 Å². The number of ether oxygens (including phenoxy) is 2. The standard InChI is InChI=1S/C24H35NO6/c1-2-3-4-5-6-7-8-9-10-11-18-30-23(26)16-13-17-24(27)31-20-21-14-12-15-22(19-21)25(28)29/h10-12,14-15,19H,2-9,13,16-18,20H2,1H3/b11-10+. The van der Waals surface area contributed by atoms with E-state index in [1.54, 1.807) is 12.1 Å². The first-order valence-electron chi connectivity index (χ1n) is 11.2. The molecule has 0 saturated heterocycles. The fraction of sp³-hybridized carbons (Fsp3) is 0.583. The first-order chi connectivity index (χ1) is 15.0. The SMILES string of the molecule is CCCCCCCCC/C=C/COC(=O)CCCC(=O)OCc1cccc([N+](=O)[O-])c1. The highest BCUT2D eigenvalue weighted by molar-refractivity contribution is 5.72. The number of hydrogen-bond donors (Lipinski definition) is 0. The molecule has 0 atom stereocenters. The van der Waals surface area contributed by atoms with Crippen LogP contribution in [0.2, 0.25) is 0 Å². The lowest BCUT2D eigenvalue weighted by atomic mass is 10.1. The highest BCUT2D eigenvalue weighted by Gasteiger charge is 2.09. The lowest BCUT2D eigenvalue weighted by Gasteiger charge is -2.05. The number of hydrogen-bond acceptors (Lipinski definition) is 6. The molecule has 0 fully saturated rings. The van der Waals surface area contributed by atoms with Crippen LogP contribution in [-0.2, 0) is 25.7 Å². The van der Waals surface area contributed by atoms with Crippen molar-refractivity contribution in [2.45, 2.75) is 84.2 Å². The molecule has 0 spiro atoms. The van der Waals surface area contributed by atoms with Crippen molar-refractivity contribution in [2.24, 2.45) is 0 Å². The van der Waals surface area contributed by atoms with Gasteiger partial charge in [0.05, 0.1) is 4.92 Å². The third-order valence-electron chi connectivity index (χ3n) is 4.76. The number of nitro benzene ring substituents is 1. The van der Waals surface area contributed by atoms with E-state index >= 15 is 0 Å². The molecule has 1 aromatic rings. The van der Waals surface area contributed by atoms with Gasteiger partial charge in [0, 0.05) is 25.0 Å². The molecule has 7 heteroatoms. The third kappa shape index (κ3) is 14.0. The van der Waals surface area contributed by atoms with Gasteiger partial charge in [-0.3, -0.25) is 19.7 Å². The molecule has 0 aromatic heterocycles. The number of nitro groups is 1. The summed E-state index contributed by atoms with van der Waals surface area (Å²) in [5, 5.41) is 10.7. The monoisotopic (exact) mass is 433 g/mol. The number of esters is 2. The quantitative estimate of drug-likeness (QED) is 0.0975. The second kappa shape index (κ2) is 17.0. The van der Waals surface area contributed by atoms with Gasteiger partial charge in [0.25, 0.3) is 5.69 Å². The van der Waals surface area contributed by atoms with E-state index in [1.165, 1.54) is 50.7 Å². The van der Waals surface area contributed by atoms with Crippen molar-refractivity contribution in [1.82, 2.24) is 0 Å². The Morgan fingerprint density at radius 3 is 2.32 bits per heavy atom. The average molecular weight is 434 g/mol. The van der Waals surface area contributed by atoms with Crippen LogP contribution in [0.25, 0.3) is 0 Å². The minimum absolute atomic E-state index is 0.0332. The van der Waals surface area contributed by atoms with Crippen molar-refractivity contribution in [1.29, 1.82) is 0 Å². The number of nitrogens with zero attached hydrogens (tertiary/aromatic N) is 1. The first kappa shape index (κ1) is 26.3. The van der Waals surface area contributed by atoms with E-state index in [1.807, 2.05) is 12.2 Å². The van der Waals surface area contributed by atoms with E-state index in [0.29, 0.717) is 12.0 Å². The second-order valence-electron chi connectivity index (χ2n) is 7.51. The van der Waals surface area contributed by atoms with E-state index in [0.717, 1.165) is 12.8 Å². The molecule has 0 unspecified atom stereocenters. The van der Waals surface area contributed by atoms with E-state index < -0.39 is 10.9 Å². The van der Waals surface area contributed by atoms with Gasteiger partial charge in [-0.2, -0.15) is 0 Å². The van der Waals surface area contributed by atoms with Gasteiger partial charge in [-0.1, -0.05) is 69.7 Å². The van der Waals surface area contributed by atoms with Gasteiger partial charge in [-0.05, 0) is 24.8 Å². The Balaban J connectivity index is 2.03. The molecular formula is C24H35NO6. The summed E-state index contributed by atoms with van der Waals surface area (Å²) in [6.07, 6.45) is 14.4. The molecule has 172 valence electrons. The maximum Gasteiger partial charge on any atom is 0.306 e. The zero-order valence-electron chi connectivity index (χ0n) is 18.6. The Bertz CT molecular complexity index is 701. The van der Waals surface area contributed by atoms with Crippen molar-refractivity contribution >= 4 is 17.6 Å². The van der Waals surface area contributed by atoms with Crippen LogP contribution < -0.4 is 0 Å². The Labute approximate surface area is 185 Å². The third-order valence-corrected chi connectivity index (χ3v) is 4.76. The number of unbranched alkanes of at least 4 members (excludes halogenated alkanes) is 7. The predicted octanol–water partition coefficient (Wildman–Crippen LogP) is 6.05. The molecule has 0 aliphatic carbocycles. The average Bonchev–Trinajstić information content (AvgIpc) is 2.76. The largest absolute Gasteiger partial charge is 0.461 e.